The van der Waals surface area contributed by atoms with Gasteiger partial charge in [-0.15, -0.1) is 0 Å². The van der Waals surface area contributed by atoms with Gasteiger partial charge in [-0.05, 0) is 44.9 Å². The van der Waals surface area contributed by atoms with Crippen molar-refractivity contribution in [2.75, 3.05) is 13.2 Å². The van der Waals surface area contributed by atoms with Gasteiger partial charge in [0.25, 0.3) is 0 Å². The van der Waals surface area contributed by atoms with Crippen LogP contribution < -0.4 is 10.5 Å². The Morgan fingerprint density at radius 2 is 1.89 bits per heavy atom. The molecule has 0 aliphatic heterocycles. The van der Waals surface area contributed by atoms with Crippen LogP contribution in [0.1, 0.15) is 37.9 Å². The van der Waals surface area contributed by atoms with E-state index in [4.69, 9.17) is 15.2 Å². The Labute approximate surface area is 115 Å². The first kappa shape index (κ1) is 16.0. The Bertz CT molecular complexity index is 391. The third kappa shape index (κ3) is 5.59. The summed E-state index contributed by atoms with van der Waals surface area (Å²) in [7, 11) is 0. The molecule has 1 aromatic carbocycles. The lowest BCUT2D eigenvalue weighted by Gasteiger charge is -2.16. The molecular weight excluding hydrogens is 242 g/mol. The van der Waals surface area contributed by atoms with Crippen LogP contribution in [0.2, 0.25) is 0 Å². The topological polar surface area (TPSA) is 64.7 Å². The molecule has 0 saturated heterocycles. The van der Waals surface area contributed by atoms with Gasteiger partial charge in [-0.25, -0.2) is 0 Å². The maximum absolute atomic E-state index is 9.72. The minimum absolute atomic E-state index is 0.0118. The Morgan fingerprint density at radius 3 is 2.42 bits per heavy atom. The molecule has 1 rings (SSSR count). The van der Waals surface area contributed by atoms with Crippen LogP contribution in [-0.2, 0) is 4.74 Å². The van der Waals surface area contributed by atoms with Crippen molar-refractivity contribution in [2.24, 2.45) is 5.73 Å². The van der Waals surface area contributed by atoms with Crippen LogP contribution in [0.5, 0.6) is 5.75 Å². The molecule has 0 amide bonds. The number of rotatable bonds is 7. The Morgan fingerprint density at radius 1 is 1.21 bits per heavy atom. The molecule has 0 radical (unpaired) electrons. The van der Waals surface area contributed by atoms with Crippen molar-refractivity contribution in [2.45, 2.75) is 45.9 Å². The summed E-state index contributed by atoms with van der Waals surface area (Å²) in [6.07, 6.45) is -0.503. The summed E-state index contributed by atoms with van der Waals surface area (Å²) in [5.74, 6) is 0.771. The van der Waals surface area contributed by atoms with Crippen molar-refractivity contribution in [3.8, 4) is 5.75 Å². The highest BCUT2D eigenvalue weighted by molar-refractivity contribution is 5.37. The van der Waals surface area contributed by atoms with E-state index in [0.29, 0.717) is 0 Å². The molecule has 108 valence electrons. The molecule has 0 fully saturated rings. The molecule has 19 heavy (non-hydrogen) atoms. The lowest BCUT2D eigenvalue weighted by atomic mass is 10.1. The molecular formula is C15H25NO3. The van der Waals surface area contributed by atoms with Gasteiger partial charge in [0.05, 0.1) is 12.7 Å². The second-order valence-corrected chi connectivity index (χ2v) is 5.16. The van der Waals surface area contributed by atoms with E-state index < -0.39 is 6.10 Å². The zero-order valence-electron chi connectivity index (χ0n) is 12.2. The van der Waals surface area contributed by atoms with E-state index in [1.807, 2.05) is 45.9 Å². The molecule has 0 saturated carbocycles. The third-order valence-electron chi connectivity index (χ3n) is 2.78. The fraction of sp³-hybridized carbons (Fsp3) is 0.600. The molecule has 4 nitrogen and oxygen atoms in total. The SMILES string of the molecule is Cc1cc([C@H](C)N)ccc1OCC(O)COC(C)C. The summed E-state index contributed by atoms with van der Waals surface area (Å²) in [5, 5.41) is 9.72. The van der Waals surface area contributed by atoms with Crippen LogP contribution in [0, 0.1) is 6.92 Å². The summed E-state index contributed by atoms with van der Waals surface area (Å²) in [4.78, 5) is 0. The second-order valence-electron chi connectivity index (χ2n) is 5.16. The molecule has 0 aliphatic carbocycles. The first-order chi connectivity index (χ1) is 8.90. The minimum Gasteiger partial charge on any atom is -0.491 e. The Balaban J connectivity index is 2.49. The number of nitrogens with two attached hydrogens (primary N) is 1. The fourth-order valence-electron chi connectivity index (χ4n) is 1.66. The van der Waals surface area contributed by atoms with Crippen molar-refractivity contribution in [1.82, 2.24) is 0 Å². The van der Waals surface area contributed by atoms with E-state index >= 15 is 0 Å². The number of aliphatic hydroxyl groups excluding tert-OH is 1. The molecule has 0 spiro atoms. The predicted octanol–water partition coefficient (Wildman–Crippen LogP) is 2.18. The number of aryl methyl sites for hydroxylation is 1. The molecule has 0 heterocycles. The van der Waals surface area contributed by atoms with Crippen LogP contribution >= 0.6 is 0 Å². The maximum atomic E-state index is 9.72. The minimum atomic E-state index is -0.616. The van der Waals surface area contributed by atoms with Gasteiger partial charge in [-0.1, -0.05) is 12.1 Å². The van der Waals surface area contributed by atoms with Crippen molar-refractivity contribution in [3.05, 3.63) is 29.3 Å². The summed E-state index contributed by atoms with van der Waals surface area (Å²) >= 11 is 0. The van der Waals surface area contributed by atoms with Crippen molar-refractivity contribution in [1.29, 1.82) is 0 Å². The molecule has 1 unspecified atom stereocenters. The van der Waals surface area contributed by atoms with E-state index in [2.05, 4.69) is 0 Å². The highest BCUT2D eigenvalue weighted by Crippen LogP contribution is 2.22. The highest BCUT2D eigenvalue weighted by atomic mass is 16.5. The van der Waals surface area contributed by atoms with Gasteiger partial charge in [-0.2, -0.15) is 0 Å². The fourth-order valence-corrected chi connectivity index (χ4v) is 1.66. The first-order valence-corrected chi connectivity index (χ1v) is 6.68. The number of hydrogen-bond donors (Lipinski definition) is 2. The number of hydrogen-bond acceptors (Lipinski definition) is 4. The van der Waals surface area contributed by atoms with Crippen molar-refractivity contribution >= 4 is 0 Å². The van der Waals surface area contributed by atoms with Crippen LogP contribution in [-0.4, -0.2) is 30.5 Å². The van der Waals surface area contributed by atoms with Gasteiger partial charge in [0, 0.05) is 6.04 Å². The smallest absolute Gasteiger partial charge is 0.122 e. The van der Waals surface area contributed by atoms with Gasteiger partial charge in [0.1, 0.15) is 18.5 Å². The zero-order chi connectivity index (χ0) is 14.4. The average Bonchev–Trinajstić information content (AvgIpc) is 2.34. The maximum Gasteiger partial charge on any atom is 0.122 e. The molecule has 0 bridgehead atoms. The lowest BCUT2D eigenvalue weighted by molar-refractivity contribution is -0.0123. The van der Waals surface area contributed by atoms with E-state index in [0.717, 1.165) is 16.9 Å². The third-order valence-corrected chi connectivity index (χ3v) is 2.78. The molecule has 4 heteroatoms. The Kier molecular flexibility index (Phi) is 6.28. The summed E-state index contributed by atoms with van der Waals surface area (Å²) in [6, 6.07) is 5.86. The van der Waals surface area contributed by atoms with E-state index in [9.17, 15) is 5.11 Å². The lowest BCUT2D eigenvalue weighted by Crippen LogP contribution is -2.25. The quantitative estimate of drug-likeness (QED) is 0.794. The Hall–Kier alpha value is -1.10. The molecule has 3 N–H and O–H groups in total. The second kappa shape index (κ2) is 7.48. The molecule has 2 atom stereocenters. The standard InChI is InChI=1S/C15H25NO3/c1-10(2)18-8-14(17)9-19-15-6-5-13(12(4)16)7-11(15)3/h5-7,10,12,14,17H,8-9,16H2,1-4H3/t12-,14?/m0/s1. The van der Waals surface area contributed by atoms with Crippen LogP contribution in [0.25, 0.3) is 0 Å². The summed E-state index contributed by atoms with van der Waals surface area (Å²) in [5.41, 5.74) is 7.92. The summed E-state index contributed by atoms with van der Waals surface area (Å²) in [6.45, 7) is 8.30. The van der Waals surface area contributed by atoms with Gasteiger partial charge in [0.15, 0.2) is 0 Å². The monoisotopic (exact) mass is 267 g/mol. The number of aliphatic hydroxyl groups is 1. The van der Waals surface area contributed by atoms with E-state index in [1.54, 1.807) is 0 Å². The first-order valence-electron chi connectivity index (χ1n) is 6.68. The van der Waals surface area contributed by atoms with Crippen LogP contribution in [0.4, 0.5) is 0 Å². The number of ether oxygens (including phenoxy) is 2. The molecule has 0 aliphatic rings. The van der Waals surface area contributed by atoms with E-state index in [1.165, 1.54) is 0 Å². The highest BCUT2D eigenvalue weighted by Gasteiger charge is 2.09. The van der Waals surface area contributed by atoms with Crippen molar-refractivity contribution in [3.63, 3.8) is 0 Å². The van der Waals surface area contributed by atoms with Gasteiger partial charge in [0.2, 0.25) is 0 Å². The predicted molar refractivity (Wildman–Crippen MR) is 76.4 cm³/mol. The van der Waals surface area contributed by atoms with Crippen molar-refractivity contribution < 1.29 is 14.6 Å². The molecule has 1 aromatic rings. The van der Waals surface area contributed by atoms with E-state index in [-0.39, 0.29) is 25.4 Å². The van der Waals surface area contributed by atoms with Gasteiger partial charge in [-0.3, -0.25) is 0 Å². The van der Waals surface area contributed by atoms with Crippen LogP contribution in [0.3, 0.4) is 0 Å². The molecule has 0 aromatic heterocycles. The number of benzene rings is 1. The van der Waals surface area contributed by atoms with Crippen LogP contribution in [0.15, 0.2) is 18.2 Å². The largest absolute Gasteiger partial charge is 0.491 e. The summed E-state index contributed by atoms with van der Waals surface area (Å²) < 4.78 is 10.9. The van der Waals surface area contributed by atoms with Gasteiger partial charge < -0.3 is 20.3 Å². The zero-order valence-corrected chi connectivity index (χ0v) is 12.2. The normalized spacial score (nSPS) is 14.5. The average molecular weight is 267 g/mol. The van der Waals surface area contributed by atoms with Gasteiger partial charge >= 0.3 is 0 Å².